The van der Waals surface area contributed by atoms with Crippen molar-refractivity contribution >= 4 is 0 Å². The van der Waals surface area contributed by atoms with Gasteiger partial charge in [-0.1, -0.05) is 97.1 Å². The largest absolute Gasteiger partial charge is 0.497 e. The topological polar surface area (TPSA) is 45.5 Å². The molecule has 0 aliphatic heterocycles. The summed E-state index contributed by atoms with van der Waals surface area (Å²) in [6.07, 6.45) is 0. The molecule has 0 fully saturated rings. The van der Waals surface area contributed by atoms with Crippen molar-refractivity contribution in [2.75, 3.05) is 7.11 Å². The highest BCUT2D eigenvalue weighted by atomic mass is 16.5. The van der Waals surface area contributed by atoms with Crippen molar-refractivity contribution < 1.29 is 14.2 Å². The Hall–Kier alpha value is -5.29. The molecule has 0 bridgehead atoms. The van der Waals surface area contributed by atoms with Gasteiger partial charge in [-0.15, -0.1) is 0 Å². The van der Waals surface area contributed by atoms with Gasteiger partial charge in [-0.3, -0.25) is 0 Å². The molecule has 6 rings (SSSR count). The summed E-state index contributed by atoms with van der Waals surface area (Å²) in [6.45, 7) is 0.873. The van der Waals surface area contributed by atoms with Crippen LogP contribution in [0.25, 0.3) is 28.2 Å². The van der Waals surface area contributed by atoms with Gasteiger partial charge in [0.2, 0.25) is 0 Å². The van der Waals surface area contributed by atoms with E-state index in [2.05, 4.69) is 48.5 Å². The van der Waals surface area contributed by atoms with Crippen LogP contribution >= 0.6 is 0 Å². The number of benzene rings is 5. The lowest BCUT2D eigenvalue weighted by atomic mass is 10.1. The summed E-state index contributed by atoms with van der Waals surface area (Å²) in [5.74, 6) is 2.12. The molecular weight excluding hydrogens is 508 g/mol. The second kappa shape index (κ2) is 12.3. The van der Waals surface area contributed by atoms with Crippen LogP contribution in [0.4, 0.5) is 0 Å². The second-order valence-electron chi connectivity index (χ2n) is 9.60. The fourth-order valence-electron chi connectivity index (χ4n) is 4.65. The SMILES string of the molecule is COc1cccc(-n2nc(-c3ccccc3)cc2-c2ccc(OCc3ccccc3)c(OCc3ccccc3)c2)c1. The first-order valence-electron chi connectivity index (χ1n) is 13.5. The average molecular weight is 539 g/mol. The van der Waals surface area contributed by atoms with Gasteiger partial charge >= 0.3 is 0 Å². The highest BCUT2D eigenvalue weighted by Crippen LogP contribution is 2.36. The quantitative estimate of drug-likeness (QED) is 0.176. The Morgan fingerprint density at radius 3 is 1.85 bits per heavy atom. The molecular formula is C36H30N2O3. The summed E-state index contributed by atoms with van der Waals surface area (Å²) in [4.78, 5) is 0. The zero-order valence-electron chi connectivity index (χ0n) is 22.8. The molecule has 0 saturated heterocycles. The van der Waals surface area contributed by atoms with E-state index < -0.39 is 0 Å². The van der Waals surface area contributed by atoms with Crippen LogP contribution in [0, 0.1) is 0 Å². The van der Waals surface area contributed by atoms with Crippen molar-refractivity contribution in [1.29, 1.82) is 0 Å². The summed E-state index contributed by atoms with van der Waals surface area (Å²) in [6, 6.07) is 46.5. The third-order valence-corrected chi connectivity index (χ3v) is 6.79. The van der Waals surface area contributed by atoms with Crippen molar-refractivity contribution in [1.82, 2.24) is 9.78 Å². The number of rotatable bonds is 10. The summed E-state index contributed by atoms with van der Waals surface area (Å²) < 4.78 is 20.1. The molecule has 202 valence electrons. The summed E-state index contributed by atoms with van der Waals surface area (Å²) in [5, 5.41) is 5.01. The highest BCUT2D eigenvalue weighted by Gasteiger charge is 2.17. The van der Waals surface area contributed by atoms with Crippen LogP contribution in [-0.4, -0.2) is 16.9 Å². The Morgan fingerprint density at radius 1 is 0.561 bits per heavy atom. The molecule has 0 amide bonds. The number of methoxy groups -OCH3 is 1. The lowest BCUT2D eigenvalue weighted by Gasteiger charge is -2.15. The van der Waals surface area contributed by atoms with Gasteiger partial charge in [0.15, 0.2) is 11.5 Å². The first kappa shape index (κ1) is 26.0. The number of ether oxygens (including phenoxy) is 3. The minimum absolute atomic E-state index is 0.427. The first-order valence-corrected chi connectivity index (χ1v) is 13.5. The molecule has 5 aromatic carbocycles. The van der Waals surface area contributed by atoms with Crippen molar-refractivity contribution in [3.05, 3.63) is 151 Å². The fourth-order valence-corrected chi connectivity index (χ4v) is 4.65. The number of hydrogen-bond acceptors (Lipinski definition) is 4. The molecule has 0 saturated carbocycles. The van der Waals surface area contributed by atoms with Gasteiger partial charge in [-0.25, -0.2) is 4.68 Å². The third-order valence-electron chi connectivity index (χ3n) is 6.79. The summed E-state index contributed by atoms with van der Waals surface area (Å²) in [7, 11) is 1.67. The normalized spacial score (nSPS) is 10.8. The molecule has 0 atom stereocenters. The van der Waals surface area contributed by atoms with E-state index in [1.807, 2.05) is 95.7 Å². The van der Waals surface area contributed by atoms with Crippen LogP contribution in [0.3, 0.4) is 0 Å². The fraction of sp³-hybridized carbons (Fsp3) is 0.0833. The van der Waals surface area contributed by atoms with E-state index >= 15 is 0 Å². The molecule has 5 nitrogen and oxygen atoms in total. The molecule has 0 N–H and O–H groups in total. The minimum atomic E-state index is 0.427. The van der Waals surface area contributed by atoms with E-state index in [1.165, 1.54) is 0 Å². The molecule has 1 heterocycles. The molecule has 0 unspecified atom stereocenters. The van der Waals surface area contributed by atoms with E-state index in [1.54, 1.807) is 7.11 Å². The van der Waals surface area contributed by atoms with Crippen LogP contribution < -0.4 is 14.2 Å². The van der Waals surface area contributed by atoms with Crippen LogP contribution in [0.5, 0.6) is 17.2 Å². The van der Waals surface area contributed by atoms with Crippen molar-refractivity contribution in [2.45, 2.75) is 13.2 Å². The second-order valence-corrected chi connectivity index (χ2v) is 9.60. The maximum absolute atomic E-state index is 6.37. The molecule has 6 aromatic rings. The Balaban J connectivity index is 1.41. The van der Waals surface area contributed by atoms with Gasteiger partial charge in [-0.05, 0) is 47.5 Å². The van der Waals surface area contributed by atoms with Gasteiger partial charge in [-0.2, -0.15) is 5.10 Å². The summed E-state index contributed by atoms with van der Waals surface area (Å²) >= 11 is 0. The Morgan fingerprint density at radius 2 is 1.20 bits per heavy atom. The molecule has 0 spiro atoms. The minimum Gasteiger partial charge on any atom is -0.497 e. The summed E-state index contributed by atoms with van der Waals surface area (Å²) in [5.41, 5.74) is 6.87. The van der Waals surface area contributed by atoms with E-state index in [0.717, 1.165) is 45.1 Å². The van der Waals surface area contributed by atoms with Crippen molar-refractivity contribution in [3.8, 4) is 45.5 Å². The van der Waals surface area contributed by atoms with E-state index in [-0.39, 0.29) is 0 Å². The zero-order chi connectivity index (χ0) is 27.9. The van der Waals surface area contributed by atoms with Crippen molar-refractivity contribution in [2.24, 2.45) is 0 Å². The van der Waals surface area contributed by atoms with E-state index in [0.29, 0.717) is 24.7 Å². The maximum Gasteiger partial charge on any atom is 0.162 e. The highest BCUT2D eigenvalue weighted by molar-refractivity contribution is 5.72. The molecule has 41 heavy (non-hydrogen) atoms. The van der Waals surface area contributed by atoms with Crippen LogP contribution in [0.15, 0.2) is 140 Å². The zero-order valence-corrected chi connectivity index (χ0v) is 22.8. The Labute approximate surface area is 240 Å². The Bertz CT molecular complexity index is 1710. The molecule has 5 heteroatoms. The number of nitrogens with zero attached hydrogens (tertiary/aromatic N) is 2. The van der Waals surface area contributed by atoms with E-state index in [9.17, 15) is 0 Å². The molecule has 0 aliphatic rings. The first-order chi connectivity index (χ1) is 20.3. The van der Waals surface area contributed by atoms with Gasteiger partial charge in [0.05, 0.1) is 24.2 Å². The van der Waals surface area contributed by atoms with Crippen LogP contribution in [-0.2, 0) is 13.2 Å². The van der Waals surface area contributed by atoms with Gasteiger partial charge < -0.3 is 14.2 Å². The van der Waals surface area contributed by atoms with Gasteiger partial charge in [0.25, 0.3) is 0 Å². The Kier molecular flexibility index (Phi) is 7.77. The van der Waals surface area contributed by atoms with Gasteiger partial charge in [0.1, 0.15) is 19.0 Å². The predicted octanol–water partition coefficient (Wildman–Crippen LogP) is 8.37. The molecule has 0 radical (unpaired) electrons. The average Bonchev–Trinajstić information content (AvgIpc) is 3.50. The van der Waals surface area contributed by atoms with Crippen molar-refractivity contribution in [3.63, 3.8) is 0 Å². The van der Waals surface area contributed by atoms with Gasteiger partial charge in [0, 0.05) is 17.2 Å². The van der Waals surface area contributed by atoms with Crippen LogP contribution in [0.1, 0.15) is 11.1 Å². The lowest BCUT2D eigenvalue weighted by molar-refractivity contribution is 0.256. The van der Waals surface area contributed by atoms with E-state index in [4.69, 9.17) is 19.3 Å². The monoisotopic (exact) mass is 538 g/mol. The van der Waals surface area contributed by atoms with Crippen LogP contribution in [0.2, 0.25) is 0 Å². The predicted molar refractivity (Wildman–Crippen MR) is 163 cm³/mol. The maximum atomic E-state index is 6.37. The smallest absolute Gasteiger partial charge is 0.162 e. The number of hydrogen-bond donors (Lipinski definition) is 0. The lowest BCUT2D eigenvalue weighted by Crippen LogP contribution is -2.02. The molecule has 1 aromatic heterocycles. The standard InChI is InChI=1S/C36H30N2O3/c1-39-32-19-11-18-31(23-32)38-34(24-33(37-38)29-16-9-4-10-17-29)30-20-21-35(40-25-27-12-5-2-6-13-27)36(22-30)41-26-28-14-7-3-8-15-28/h2-24H,25-26H2,1H3. The third kappa shape index (κ3) is 6.15. The number of aromatic nitrogens is 2. The molecule has 0 aliphatic carbocycles.